The maximum Gasteiger partial charge on any atom is 0.341 e. The first-order valence-corrected chi connectivity index (χ1v) is 9.88. The molecule has 1 aromatic carbocycles. The van der Waals surface area contributed by atoms with E-state index in [1.165, 1.54) is 12.3 Å². The summed E-state index contributed by atoms with van der Waals surface area (Å²) in [6.45, 7) is 5.39. The quantitative estimate of drug-likeness (QED) is 0.771. The minimum absolute atomic E-state index is 0.103. The van der Waals surface area contributed by atoms with Crippen LogP contribution < -0.4 is 15.6 Å². The molecule has 1 aliphatic carbocycles. The van der Waals surface area contributed by atoms with E-state index in [-0.39, 0.29) is 29.1 Å². The molecule has 2 unspecified atom stereocenters. The van der Waals surface area contributed by atoms with Crippen LogP contribution in [0.3, 0.4) is 0 Å². The van der Waals surface area contributed by atoms with Crippen LogP contribution >= 0.6 is 15.9 Å². The van der Waals surface area contributed by atoms with Crippen LogP contribution in [0.4, 0.5) is 10.1 Å². The fourth-order valence-corrected chi connectivity index (χ4v) is 4.88. The van der Waals surface area contributed by atoms with E-state index in [4.69, 9.17) is 0 Å². The highest BCUT2D eigenvalue weighted by Crippen LogP contribution is 2.42. The van der Waals surface area contributed by atoms with Gasteiger partial charge >= 0.3 is 5.97 Å². The lowest BCUT2D eigenvalue weighted by Crippen LogP contribution is -2.54. The van der Waals surface area contributed by atoms with Crippen LogP contribution in [0.1, 0.15) is 43.1 Å². The molecule has 27 heavy (non-hydrogen) atoms. The van der Waals surface area contributed by atoms with Crippen molar-refractivity contribution in [2.24, 2.45) is 0 Å². The zero-order valence-corrected chi connectivity index (χ0v) is 16.7. The first kappa shape index (κ1) is 18.4. The molecule has 8 heteroatoms. The first-order valence-electron chi connectivity index (χ1n) is 9.09. The maximum absolute atomic E-state index is 15.1. The molecular formula is C19H21BrFN3O3. The van der Waals surface area contributed by atoms with Gasteiger partial charge in [-0.25, -0.2) is 9.18 Å². The molecule has 2 heterocycles. The predicted molar refractivity (Wildman–Crippen MR) is 105 cm³/mol. The maximum atomic E-state index is 15.1. The highest BCUT2D eigenvalue weighted by molar-refractivity contribution is 9.10. The number of fused-ring (bicyclic) bond motifs is 1. The second-order valence-electron chi connectivity index (χ2n) is 7.61. The van der Waals surface area contributed by atoms with E-state index in [1.54, 1.807) is 0 Å². The van der Waals surface area contributed by atoms with Gasteiger partial charge in [-0.2, -0.15) is 0 Å². The molecule has 2 aromatic rings. The highest BCUT2D eigenvalue weighted by atomic mass is 79.9. The van der Waals surface area contributed by atoms with Crippen molar-refractivity contribution >= 4 is 38.5 Å². The Morgan fingerprint density at radius 1 is 1.30 bits per heavy atom. The summed E-state index contributed by atoms with van der Waals surface area (Å²) in [5.74, 6) is -1.81. The Morgan fingerprint density at radius 2 is 1.93 bits per heavy atom. The van der Waals surface area contributed by atoms with Gasteiger partial charge in [0.1, 0.15) is 11.4 Å². The molecule has 0 radical (unpaired) electrons. The summed E-state index contributed by atoms with van der Waals surface area (Å²) in [5, 5.41) is 12.9. The molecule has 0 bridgehead atoms. The molecule has 2 N–H and O–H groups in total. The van der Waals surface area contributed by atoms with Crippen molar-refractivity contribution in [2.75, 3.05) is 18.0 Å². The van der Waals surface area contributed by atoms with Gasteiger partial charge < -0.3 is 19.9 Å². The minimum atomic E-state index is -1.29. The molecule has 6 nitrogen and oxygen atoms in total. The molecule has 2 fully saturated rings. The molecule has 0 spiro atoms. The van der Waals surface area contributed by atoms with Crippen molar-refractivity contribution < 1.29 is 14.3 Å². The zero-order chi connectivity index (χ0) is 19.5. The SMILES string of the molecule is CC1CN(c2c(F)cc3c(=O)c(C(=O)O)cn(C4CC4)c3c2Br)CC(C)N1. The third-order valence-corrected chi connectivity index (χ3v) is 5.98. The minimum Gasteiger partial charge on any atom is -0.477 e. The second kappa shape index (κ2) is 6.60. The summed E-state index contributed by atoms with van der Waals surface area (Å²) in [6, 6.07) is 1.74. The van der Waals surface area contributed by atoms with E-state index in [0.717, 1.165) is 12.8 Å². The van der Waals surface area contributed by atoms with Crippen LogP contribution in [0, 0.1) is 5.82 Å². The third kappa shape index (κ3) is 3.14. The average Bonchev–Trinajstić information content (AvgIpc) is 3.39. The van der Waals surface area contributed by atoms with E-state index >= 15 is 4.39 Å². The zero-order valence-electron chi connectivity index (χ0n) is 15.1. The van der Waals surface area contributed by atoms with E-state index in [9.17, 15) is 14.7 Å². The van der Waals surface area contributed by atoms with Gasteiger partial charge in [0.15, 0.2) is 0 Å². The number of rotatable bonds is 3. The van der Waals surface area contributed by atoms with Crippen molar-refractivity contribution in [3.8, 4) is 0 Å². The van der Waals surface area contributed by atoms with Gasteiger partial charge in [0.05, 0.1) is 21.1 Å². The van der Waals surface area contributed by atoms with Crippen molar-refractivity contribution in [2.45, 2.75) is 44.8 Å². The number of piperazine rings is 1. The Labute approximate surface area is 164 Å². The van der Waals surface area contributed by atoms with Gasteiger partial charge in [-0.05, 0) is 48.7 Å². The van der Waals surface area contributed by atoms with E-state index in [2.05, 4.69) is 35.1 Å². The smallest absolute Gasteiger partial charge is 0.341 e. The molecule has 144 valence electrons. The Bertz CT molecular complexity index is 992. The molecule has 1 saturated carbocycles. The van der Waals surface area contributed by atoms with Crippen molar-refractivity contribution in [1.29, 1.82) is 0 Å². The number of carboxylic acids is 1. The molecule has 1 aromatic heterocycles. The number of nitrogens with one attached hydrogen (secondary N) is 1. The Balaban J connectivity index is 1.98. The lowest BCUT2D eigenvalue weighted by Gasteiger charge is -2.38. The molecule has 4 rings (SSSR count). The van der Waals surface area contributed by atoms with E-state index in [1.807, 2.05) is 9.47 Å². The topological polar surface area (TPSA) is 74.6 Å². The molecule has 1 aliphatic heterocycles. The number of aromatic carboxylic acids is 1. The van der Waals surface area contributed by atoms with Gasteiger partial charge in [0.25, 0.3) is 0 Å². The summed E-state index contributed by atoms with van der Waals surface area (Å²) in [6.07, 6.45) is 3.23. The fraction of sp³-hybridized carbons (Fsp3) is 0.474. The lowest BCUT2D eigenvalue weighted by atomic mass is 10.1. The summed E-state index contributed by atoms with van der Waals surface area (Å²) in [7, 11) is 0. The number of benzene rings is 1. The predicted octanol–water partition coefficient (Wildman–Crippen LogP) is 3.12. The Kier molecular flexibility index (Phi) is 4.50. The number of aromatic nitrogens is 1. The van der Waals surface area contributed by atoms with Gasteiger partial charge in [-0.1, -0.05) is 0 Å². The van der Waals surface area contributed by atoms with Crippen LogP contribution in [0.2, 0.25) is 0 Å². The van der Waals surface area contributed by atoms with Crippen molar-refractivity contribution in [1.82, 2.24) is 9.88 Å². The summed E-state index contributed by atoms with van der Waals surface area (Å²) < 4.78 is 17.4. The first-order chi connectivity index (χ1) is 12.8. The Morgan fingerprint density at radius 3 is 2.48 bits per heavy atom. The summed E-state index contributed by atoms with van der Waals surface area (Å²) >= 11 is 3.54. The number of pyridine rings is 1. The summed E-state index contributed by atoms with van der Waals surface area (Å²) in [5.41, 5.74) is 0.0303. The highest BCUT2D eigenvalue weighted by Gasteiger charge is 2.31. The average molecular weight is 438 g/mol. The fourth-order valence-electron chi connectivity index (χ4n) is 4.02. The van der Waals surface area contributed by atoms with Crippen LogP contribution in [-0.2, 0) is 0 Å². The van der Waals surface area contributed by atoms with E-state index < -0.39 is 17.2 Å². The number of nitrogens with zero attached hydrogens (tertiary/aromatic N) is 2. The Hall–Kier alpha value is -1.93. The van der Waals surface area contributed by atoms with Gasteiger partial charge in [0.2, 0.25) is 5.43 Å². The second-order valence-corrected chi connectivity index (χ2v) is 8.40. The number of hydrogen-bond donors (Lipinski definition) is 2. The summed E-state index contributed by atoms with van der Waals surface area (Å²) in [4.78, 5) is 26.1. The number of carbonyl (C=O) groups is 1. The monoisotopic (exact) mass is 437 g/mol. The molecule has 0 amide bonds. The molecule has 2 atom stereocenters. The van der Waals surface area contributed by atoms with Crippen LogP contribution in [0.5, 0.6) is 0 Å². The van der Waals surface area contributed by atoms with Crippen LogP contribution in [0.15, 0.2) is 21.5 Å². The van der Waals surface area contributed by atoms with Gasteiger partial charge in [-0.15, -0.1) is 0 Å². The number of halogens is 2. The van der Waals surface area contributed by atoms with Gasteiger partial charge in [-0.3, -0.25) is 4.79 Å². The van der Waals surface area contributed by atoms with Crippen LogP contribution in [0.25, 0.3) is 10.9 Å². The third-order valence-electron chi connectivity index (χ3n) is 5.23. The normalized spacial score (nSPS) is 23.0. The molecule has 2 aliphatic rings. The number of hydrogen-bond acceptors (Lipinski definition) is 4. The number of carboxylic acid groups (broad SMARTS) is 1. The largest absolute Gasteiger partial charge is 0.477 e. The number of anilines is 1. The standard InChI is InChI=1S/C19H21BrFN3O3/c1-9-6-23(7-10(2)22-9)17-14(21)5-12-16(15(17)20)24(11-3-4-11)8-13(18(12)25)19(26)27/h5,8-11,22H,3-4,6-7H2,1-2H3,(H,26,27). The van der Waals surface area contributed by atoms with Crippen molar-refractivity contribution in [3.63, 3.8) is 0 Å². The molecule has 1 saturated heterocycles. The molecular weight excluding hydrogens is 417 g/mol. The van der Waals surface area contributed by atoms with E-state index in [0.29, 0.717) is 28.8 Å². The van der Waals surface area contributed by atoms with Crippen LogP contribution in [-0.4, -0.2) is 40.8 Å². The van der Waals surface area contributed by atoms with Crippen molar-refractivity contribution in [3.05, 3.63) is 38.3 Å². The lowest BCUT2D eigenvalue weighted by molar-refractivity contribution is 0.0695. The van der Waals surface area contributed by atoms with Gasteiger partial charge in [0, 0.05) is 37.4 Å².